The highest BCUT2D eigenvalue weighted by molar-refractivity contribution is 7.15. The summed E-state index contributed by atoms with van der Waals surface area (Å²) in [7, 11) is 0. The number of aliphatic carboxylic acids is 1. The Balaban J connectivity index is 1.85. The average Bonchev–Trinajstić information content (AvgIpc) is 2.83. The van der Waals surface area contributed by atoms with Crippen LogP contribution in [-0.2, 0) is 17.8 Å². The highest BCUT2D eigenvalue weighted by Crippen LogP contribution is 2.17. The molecular formula is C11H12N4O2S. The molecule has 0 radical (unpaired) electrons. The van der Waals surface area contributed by atoms with E-state index in [-0.39, 0.29) is 6.42 Å². The SMILES string of the molecule is O=C(O)CCc1nnc(NCc2cccnc2)s1. The van der Waals surface area contributed by atoms with E-state index in [0.717, 1.165) is 10.6 Å². The van der Waals surface area contributed by atoms with Crippen molar-refractivity contribution in [2.24, 2.45) is 0 Å². The lowest BCUT2D eigenvalue weighted by atomic mass is 10.3. The highest BCUT2D eigenvalue weighted by Gasteiger charge is 2.06. The van der Waals surface area contributed by atoms with Crippen LogP contribution in [0.2, 0.25) is 0 Å². The second-order valence-corrected chi connectivity index (χ2v) is 4.67. The quantitative estimate of drug-likeness (QED) is 0.823. The van der Waals surface area contributed by atoms with Crippen molar-refractivity contribution in [3.8, 4) is 0 Å². The van der Waals surface area contributed by atoms with Gasteiger partial charge in [0.15, 0.2) is 0 Å². The van der Waals surface area contributed by atoms with Crippen molar-refractivity contribution in [2.75, 3.05) is 5.32 Å². The monoisotopic (exact) mass is 264 g/mol. The minimum absolute atomic E-state index is 0.0806. The van der Waals surface area contributed by atoms with E-state index in [1.807, 2.05) is 12.1 Å². The van der Waals surface area contributed by atoms with Crippen molar-refractivity contribution in [2.45, 2.75) is 19.4 Å². The molecule has 2 heterocycles. The molecule has 7 heteroatoms. The van der Waals surface area contributed by atoms with Crippen LogP contribution >= 0.6 is 11.3 Å². The summed E-state index contributed by atoms with van der Waals surface area (Å²) in [4.78, 5) is 14.4. The van der Waals surface area contributed by atoms with Gasteiger partial charge in [0.2, 0.25) is 5.13 Å². The number of anilines is 1. The minimum Gasteiger partial charge on any atom is -0.481 e. The van der Waals surface area contributed by atoms with E-state index in [1.165, 1.54) is 11.3 Å². The summed E-state index contributed by atoms with van der Waals surface area (Å²) in [5.41, 5.74) is 1.06. The van der Waals surface area contributed by atoms with Gasteiger partial charge < -0.3 is 10.4 Å². The molecule has 0 aromatic carbocycles. The molecule has 0 unspecified atom stereocenters. The first-order valence-corrected chi connectivity index (χ1v) is 6.22. The first-order chi connectivity index (χ1) is 8.74. The second-order valence-electron chi connectivity index (χ2n) is 3.61. The van der Waals surface area contributed by atoms with Crippen molar-refractivity contribution in [1.29, 1.82) is 0 Å². The molecule has 0 amide bonds. The molecule has 0 bridgehead atoms. The van der Waals surface area contributed by atoms with Gasteiger partial charge in [0.1, 0.15) is 5.01 Å². The lowest BCUT2D eigenvalue weighted by molar-refractivity contribution is -0.136. The molecule has 0 aliphatic heterocycles. The molecule has 6 nitrogen and oxygen atoms in total. The third-order valence-electron chi connectivity index (χ3n) is 2.19. The smallest absolute Gasteiger partial charge is 0.303 e. The summed E-state index contributed by atoms with van der Waals surface area (Å²) in [5.74, 6) is -0.824. The first kappa shape index (κ1) is 12.4. The van der Waals surface area contributed by atoms with Gasteiger partial charge in [0.05, 0.1) is 6.42 Å². The molecule has 0 aliphatic rings. The summed E-state index contributed by atoms with van der Waals surface area (Å²) < 4.78 is 0. The molecule has 18 heavy (non-hydrogen) atoms. The Morgan fingerprint density at radius 3 is 3.06 bits per heavy atom. The molecule has 94 valence electrons. The molecule has 2 aromatic rings. The van der Waals surface area contributed by atoms with E-state index >= 15 is 0 Å². The number of rotatable bonds is 6. The maximum absolute atomic E-state index is 10.4. The van der Waals surface area contributed by atoms with Crippen LogP contribution in [0.15, 0.2) is 24.5 Å². The molecule has 0 fully saturated rings. The number of hydrogen-bond donors (Lipinski definition) is 2. The lowest BCUT2D eigenvalue weighted by Crippen LogP contribution is -1.98. The van der Waals surface area contributed by atoms with E-state index in [4.69, 9.17) is 5.11 Å². The van der Waals surface area contributed by atoms with Gasteiger partial charge in [-0.25, -0.2) is 0 Å². The molecule has 0 aliphatic carbocycles. The van der Waals surface area contributed by atoms with E-state index in [1.54, 1.807) is 12.4 Å². The second kappa shape index (κ2) is 6.06. The van der Waals surface area contributed by atoms with Gasteiger partial charge in [-0.2, -0.15) is 0 Å². The van der Waals surface area contributed by atoms with Crippen LogP contribution in [0.1, 0.15) is 17.0 Å². The zero-order valence-corrected chi connectivity index (χ0v) is 10.4. The maximum Gasteiger partial charge on any atom is 0.303 e. The van der Waals surface area contributed by atoms with Crippen LogP contribution in [0.3, 0.4) is 0 Å². The normalized spacial score (nSPS) is 10.2. The third kappa shape index (κ3) is 3.77. The summed E-state index contributed by atoms with van der Waals surface area (Å²) in [5, 5.41) is 21.0. The number of nitrogens with one attached hydrogen (secondary N) is 1. The first-order valence-electron chi connectivity index (χ1n) is 5.41. The molecule has 0 saturated heterocycles. The molecule has 2 aromatic heterocycles. The van der Waals surface area contributed by atoms with Gasteiger partial charge in [-0.1, -0.05) is 17.4 Å². The predicted molar refractivity (Wildman–Crippen MR) is 67.4 cm³/mol. The number of hydrogen-bond acceptors (Lipinski definition) is 6. The number of nitrogens with zero attached hydrogens (tertiary/aromatic N) is 3. The summed E-state index contributed by atoms with van der Waals surface area (Å²) in [6, 6.07) is 3.84. The Morgan fingerprint density at radius 2 is 2.33 bits per heavy atom. The van der Waals surface area contributed by atoms with Crippen LogP contribution in [0.5, 0.6) is 0 Å². The Bertz CT molecular complexity index is 515. The van der Waals surface area contributed by atoms with Gasteiger partial charge in [-0.15, -0.1) is 10.2 Å². The summed E-state index contributed by atoms with van der Waals surface area (Å²) in [6.45, 7) is 0.626. The minimum atomic E-state index is -0.824. The molecule has 0 spiro atoms. The molecule has 0 atom stereocenters. The number of pyridine rings is 1. The van der Waals surface area contributed by atoms with Crippen LogP contribution in [0, 0.1) is 0 Å². The van der Waals surface area contributed by atoms with Crippen LogP contribution in [-0.4, -0.2) is 26.3 Å². The highest BCUT2D eigenvalue weighted by atomic mass is 32.1. The van der Waals surface area contributed by atoms with Gasteiger partial charge in [0, 0.05) is 25.4 Å². The number of aryl methyl sites for hydroxylation is 1. The number of carboxylic acids is 1. The number of aromatic nitrogens is 3. The molecule has 2 N–H and O–H groups in total. The zero-order valence-electron chi connectivity index (χ0n) is 9.54. The standard InChI is InChI=1S/C11H12N4O2S/c16-10(17)4-3-9-14-15-11(18-9)13-7-8-2-1-5-12-6-8/h1-2,5-6H,3-4,7H2,(H,13,15)(H,16,17). The maximum atomic E-state index is 10.4. The van der Waals surface area contributed by atoms with Crippen LogP contribution in [0.4, 0.5) is 5.13 Å². The zero-order chi connectivity index (χ0) is 12.8. The predicted octanol–water partition coefficient (Wildman–Crippen LogP) is 1.56. The average molecular weight is 264 g/mol. The lowest BCUT2D eigenvalue weighted by Gasteiger charge is -2.00. The number of carbonyl (C=O) groups is 1. The number of carboxylic acid groups (broad SMARTS) is 1. The van der Waals surface area contributed by atoms with E-state index in [9.17, 15) is 4.79 Å². The fraction of sp³-hybridized carbons (Fsp3) is 0.273. The van der Waals surface area contributed by atoms with Crippen molar-refractivity contribution < 1.29 is 9.90 Å². The largest absolute Gasteiger partial charge is 0.481 e. The summed E-state index contributed by atoms with van der Waals surface area (Å²) >= 11 is 1.38. The Kier molecular flexibility index (Phi) is 4.19. The molecule has 0 saturated carbocycles. The van der Waals surface area contributed by atoms with Crippen molar-refractivity contribution in [1.82, 2.24) is 15.2 Å². The topological polar surface area (TPSA) is 88.0 Å². The van der Waals surface area contributed by atoms with Crippen molar-refractivity contribution in [3.63, 3.8) is 0 Å². The van der Waals surface area contributed by atoms with Crippen LogP contribution in [0.25, 0.3) is 0 Å². The van der Waals surface area contributed by atoms with Crippen molar-refractivity contribution >= 4 is 22.4 Å². The van der Waals surface area contributed by atoms with Gasteiger partial charge in [-0.3, -0.25) is 9.78 Å². The van der Waals surface area contributed by atoms with E-state index < -0.39 is 5.97 Å². The fourth-order valence-corrected chi connectivity index (χ4v) is 2.06. The van der Waals surface area contributed by atoms with Gasteiger partial charge >= 0.3 is 5.97 Å². The molecule has 2 rings (SSSR count). The van der Waals surface area contributed by atoms with E-state index in [0.29, 0.717) is 18.1 Å². The van der Waals surface area contributed by atoms with Crippen LogP contribution < -0.4 is 5.32 Å². The Hall–Kier alpha value is -2.02. The van der Waals surface area contributed by atoms with Gasteiger partial charge in [-0.05, 0) is 11.6 Å². The van der Waals surface area contributed by atoms with E-state index in [2.05, 4.69) is 20.5 Å². The van der Waals surface area contributed by atoms with Gasteiger partial charge in [0.25, 0.3) is 0 Å². The Labute approximate surface area is 108 Å². The fourth-order valence-electron chi connectivity index (χ4n) is 1.32. The van der Waals surface area contributed by atoms with Crippen molar-refractivity contribution in [3.05, 3.63) is 35.1 Å². The Morgan fingerprint density at radius 1 is 1.44 bits per heavy atom. The third-order valence-corrected chi connectivity index (χ3v) is 3.13. The molecular weight excluding hydrogens is 252 g/mol. The summed E-state index contributed by atoms with van der Waals surface area (Å²) in [6.07, 6.45) is 4.00.